The van der Waals surface area contributed by atoms with Gasteiger partial charge in [-0.2, -0.15) is 0 Å². The van der Waals surface area contributed by atoms with Crippen LogP contribution in [0.1, 0.15) is 25.6 Å². The van der Waals surface area contributed by atoms with Gasteiger partial charge >= 0.3 is 0 Å². The Bertz CT molecular complexity index is 1140. The molecular formula is C20H19N3O4S2. The van der Waals surface area contributed by atoms with E-state index < -0.39 is 15.9 Å². The molecule has 0 aliphatic carbocycles. The van der Waals surface area contributed by atoms with Crippen molar-refractivity contribution in [2.75, 3.05) is 7.05 Å². The van der Waals surface area contributed by atoms with Crippen LogP contribution in [0.25, 0.3) is 11.1 Å². The molecule has 7 nitrogen and oxygen atoms in total. The molecule has 0 spiro atoms. The van der Waals surface area contributed by atoms with E-state index in [1.807, 2.05) is 37.3 Å². The fourth-order valence-corrected chi connectivity index (χ4v) is 4.26. The first-order valence-electron chi connectivity index (χ1n) is 8.60. The van der Waals surface area contributed by atoms with Gasteiger partial charge in [-0.25, -0.2) is 8.42 Å². The van der Waals surface area contributed by atoms with Gasteiger partial charge in [-0.1, -0.05) is 29.8 Å². The van der Waals surface area contributed by atoms with E-state index >= 15 is 0 Å². The Balaban J connectivity index is 1.73. The van der Waals surface area contributed by atoms with Gasteiger partial charge in [0.05, 0.1) is 4.90 Å². The van der Waals surface area contributed by atoms with Crippen molar-refractivity contribution in [3.05, 3.63) is 76.0 Å². The summed E-state index contributed by atoms with van der Waals surface area (Å²) < 4.78 is 24.9. The first kappa shape index (κ1) is 20.7. The minimum atomic E-state index is -3.99. The van der Waals surface area contributed by atoms with Crippen molar-refractivity contribution in [2.24, 2.45) is 0 Å². The van der Waals surface area contributed by atoms with Crippen LogP contribution in [0.3, 0.4) is 0 Å². The van der Waals surface area contributed by atoms with Crippen LogP contribution in [0.2, 0.25) is 0 Å². The lowest BCUT2D eigenvalue weighted by Gasteiger charge is -2.10. The molecule has 2 amide bonds. The van der Waals surface area contributed by atoms with Gasteiger partial charge in [0, 0.05) is 18.2 Å². The first-order chi connectivity index (χ1) is 13.8. The van der Waals surface area contributed by atoms with Gasteiger partial charge in [-0.3, -0.25) is 15.0 Å². The Morgan fingerprint density at radius 2 is 1.55 bits per heavy atom. The molecule has 1 aromatic heterocycles. The van der Waals surface area contributed by atoms with Crippen LogP contribution in [-0.4, -0.2) is 27.3 Å². The molecule has 3 N–H and O–H groups in total. The maximum atomic E-state index is 12.5. The molecule has 0 bridgehead atoms. The maximum Gasteiger partial charge on any atom is 0.276 e. The number of carbonyl (C=O) groups is 2. The quantitative estimate of drug-likeness (QED) is 0.524. The van der Waals surface area contributed by atoms with Gasteiger partial charge < -0.3 is 5.32 Å². The Morgan fingerprint density at radius 3 is 2.17 bits per heavy atom. The lowest BCUT2D eigenvalue weighted by Crippen LogP contribution is -2.41. The monoisotopic (exact) mass is 429 g/mol. The predicted octanol–water partition coefficient (Wildman–Crippen LogP) is 2.71. The number of benzene rings is 2. The van der Waals surface area contributed by atoms with Crippen molar-refractivity contribution < 1.29 is 18.0 Å². The van der Waals surface area contributed by atoms with E-state index in [1.54, 1.807) is 5.38 Å². The molecule has 29 heavy (non-hydrogen) atoms. The third-order valence-corrected chi connectivity index (χ3v) is 6.36. The zero-order valence-corrected chi connectivity index (χ0v) is 17.4. The summed E-state index contributed by atoms with van der Waals surface area (Å²) in [6.07, 6.45) is 0. The van der Waals surface area contributed by atoms with Crippen molar-refractivity contribution in [1.82, 2.24) is 15.6 Å². The van der Waals surface area contributed by atoms with Crippen LogP contribution >= 0.6 is 11.3 Å². The van der Waals surface area contributed by atoms with Gasteiger partial charge in [0.15, 0.2) is 0 Å². The molecule has 0 radical (unpaired) electrons. The minimum Gasteiger partial charge on any atom is -0.355 e. The van der Waals surface area contributed by atoms with E-state index in [1.165, 1.54) is 42.6 Å². The van der Waals surface area contributed by atoms with Crippen LogP contribution in [0.15, 0.2) is 64.9 Å². The Kier molecular flexibility index (Phi) is 6.12. The first-order valence-corrected chi connectivity index (χ1v) is 11.0. The van der Waals surface area contributed by atoms with E-state index in [-0.39, 0.29) is 10.8 Å². The number of rotatable bonds is 6. The summed E-state index contributed by atoms with van der Waals surface area (Å²) in [5.41, 5.74) is 5.27. The molecule has 9 heteroatoms. The van der Waals surface area contributed by atoms with Gasteiger partial charge in [0.25, 0.3) is 21.8 Å². The summed E-state index contributed by atoms with van der Waals surface area (Å²) in [7, 11) is -2.50. The Labute approximate surface area is 172 Å². The maximum absolute atomic E-state index is 12.5. The molecular weight excluding hydrogens is 410 g/mol. The van der Waals surface area contributed by atoms with Gasteiger partial charge in [-0.15, -0.1) is 16.2 Å². The van der Waals surface area contributed by atoms with Crippen LogP contribution in [-0.2, 0) is 10.0 Å². The molecule has 150 valence electrons. The highest BCUT2D eigenvalue weighted by molar-refractivity contribution is 7.89. The standard InChI is InChI=1S/C20H19N3O4S2/c1-13-3-5-14(6-4-13)17-11-12-28-18(17)20(25)22-23-29(26,27)16-9-7-15(8-10-16)19(24)21-2/h3-12,23H,1-2H3,(H,21,24)(H,22,25). The van der Waals surface area contributed by atoms with Gasteiger partial charge in [-0.05, 0) is 48.2 Å². The second-order valence-electron chi connectivity index (χ2n) is 6.19. The second kappa shape index (κ2) is 8.56. The van der Waals surface area contributed by atoms with Crippen molar-refractivity contribution in [1.29, 1.82) is 0 Å². The molecule has 0 atom stereocenters. The Hall–Kier alpha value is -3.01. The number of nitrogens with one attached hydrogen (secondary N) is 3. The predicted molar refractivity (Wildman–Crippen MR) is 112 cm³/mol. The fraction of sp³-hybridized carbons (Fsp3) is 0.100. The Morgan fingerprint density at radius 1 is 0.897 bits per heavy atom. The number of hydrogen-bond donors (Lipinski definition) is 3. The summed E-state index contributed by atoms with van der Waals surface area (Å²) in [6.45, 7) is 1.97. The highest BCUT2D eigenvalue weighted by Crippen LogP contribution is 2.28. The van der Waals surface area contributed by atoms with E-state index in [4.69, 9.17) is 0 Å². The van der Waals surface area contributed by atoms with Crippen LogP contribution < -0.4 is 15.6 Å². The number of hydrazine groups is 1. The number of sulfonamides is 1. The van der Waals surface area contributed by atoms with Gasteiger partial charge in [0.2, 0.25) is 0 Å². The number of carbonyl (C=O) groups excluding carboxylic acids is 2. The van der Waals surface area contributed by atoms with Crippen LogP contribution in [0, 0.1) is 6.92 Å². The number of amides is 2. The molecule has 1 heterocycles. The summed E-state index contributed by atoms with van der Waals surface area (Å²) in [6, 6.07) is 14.9. The summed E-state index contributed by atoms with van der Waals surface area (Å²) in [5, 5.41) is 4.23. The largest absolute Gasteiger partial charge is 0.355 e. The molecule has 0 unspecified atom stereocenters. The average Bonchev–Trinajstić information content (AvgIpc) is 3.22. The van der Waals surface area contributed by atoms with E-state index in [9.17, 15) is 18.0 Å². The van der Waals surface area contributed by atoms with Crippen molar-refractivity contribution in [2.45, 2.75) is 11.8 Å². The van der Waals surface area contributed by atoms with Crippen molar-refractivity contribution >= 4 is 33.2 Å². The molecule has 0 aliphatic heterocycles. The molecule has 0 aliphatic rings. The molecule has 0 fully saturated rings. The molecule has 0 saturated carbocycles. The van der Waals surface area contributed by atoms with Crippen molar-refractivity contribution in [3.63, 3.8) is 0 Å². The number of hydrogen-bond acceptors (Lipinski definition) is 5. The van der Waals surface area contributed by atoms with Crippen LogP contribution in [0.4, 0.5) is 0 Å². The summed E-state index contributed by atoms with van der Waals surface area (Å²) in [5.74, 6) is -0.877. The highest BCUT2D eigenvalue weighted by Gasteiger charge is 2.19. The number of thiophene rings is 1. The molecule has 3 aromatic rings. The third kappa shape index (κ3) is 4.70. The smallest absolute Gasteiger partial charge is 0.276 e. The lowest BCUT2D eigenvalue weighted by molar-refractivity contribution is 0.0946. The molecule has 2 aromatic carbocycles. The zero-order chi connectivity index (χ0) is 21.0. The molecule has 3 rings (SSSR count). The second-order valence-corrected chi connectivity index (χ2v) is 8.79. The van der Waals surface area contributed by atoms with Crippen molar-refractivity contribution in [3.8, 4) is 11.1 Å². The molecule has 0 saturated heterocycles. The van der Waals surface area contributed by atoms with E-state index in [2.05, 4.69) is 15.6 Å². The fourth-order valence-electron chi connectivity index (χ4n) is 2.60. The summed E-state index contributed by atoms with van der Waals surface area (Å²) >= 11 is 1.22. The van der Waals surface area contributed by atoms with E-state index in [0.29, 0.717) is 10.4 Å². The zero-order valence-electron chi connectivity index (χ0n) is 15.7. The topological polar surface area (TPSA) is 104 Å². The lowest BCUT2D eigenvalue weighted by atomic mass is 10.1. The third-order valence-electron chi connectivity index (χ3n) is 4.19. The number of aryl methyl sites for hydroxylation is 1. The van der Waals surface area contributed by atoms with Crippen LogP contribution in [0.5, 0.6) is 0 Å². The van der Waals surface area contributed by atoms with E-state index in [0.717, 1.165) is 16.7 Å². The van der Waals surface area contributed by atoms with Gasteiger partial charge in [0.1, 0.15) is 4.88 Å². The highest BCUT2D eigenvalue weighted by atomic mass is 32.2. The average molecular weight is 430 g/mol. The minimum absolute atomic E-state index is 0.0737. The summed E-state index contributed by atoms with van der Waals surface area (Å²) in [4.78, 5) is 26.5. The normalized spacial score (nSPS) is 11.1. The SMILES string of the molecule is CNC(=O)c1ccc(S(=O)(=O)NNC(=O)c2sccc2-c2ccc(C)cc2)cc1.